The molecule has 0 aliphatic carbocycles. The lowest BCUT2D eigenvalue weighted by atomic mass is 10.2. The summed E-state index contributed by atoms with van der Waals surface area (Å²) in [6.45, 7) is 0. The van der Waals surface area contributed by atoms with E-state index in [2.05, 4.69) is 4.37 Å². The Bertz CT molecular complexity index is 435. The van der Waals surface area contributed by atoms with Crippen LogP contribution in [0.25, 0.3) is 10.1 Å². The van der Waals surface area contributed by atoms with Crippen LogP contribution in [-0.2, 0) is 0 Å². The minimum atomic E-state index is -0.900. The fourth-order valence-corrected chi connectivity index (χ4v) is 1.63. The molecule has 0 aliphatic heterocycles. The van der Waals surface area contributed by atoms with Gasteiger partial charge in [0.05, 0.1) is 10.3 Å². The normalized spacial score (nSPS) is 10.3. The van der Waals surface area contributed by atoms with Gasteiger partial charge in [0.25, 0.3) is 0 Å². The molecule has 1 aromatic heterocycles. The van der Waals surface area contributed by atoms with Crippen LogP contribution in [0.15, 0.2) is 24.4 Å². The summed E-state index contributed by atoms with van der Waals surface area (Å²) in [4.78, 5) is 10.5. The monoisotopic (exact) mass is 179 g/mol. The smallest absolute Gasteiger partial charge is 0.335 e. The molecular formula is C8H5NO2S. The topological polar surface area (TPSA) is 50.2 Å². The maximum atomic E-state index is 10.5. The summed E-state index contributed by atoms with van der Waals surface area (Å²) < 4.78 is 4.96. The van der Waals surface area contributed by atoms with Gasteiger partial charge in [-0.25, -0.2) is 4.79 Å². The summed E-state index contributed by atoms with van der Waals surface area (Å²) in [6.07, 6.45) is 1.67. The second-order valence-corrected chi connectivity index (χ2v) is 3.22. The highest BCUT2D eigenvalue weighted by molar-refractivity contribution is 7.13. The second kappa shape index (κ2) is 2.57. The van der Waals surface area contributed by atoms with E-state index in [4.69, 9.17) is 5.11 Å². The third-order valence-electron chi connectivity index (χ3n) is 1.60. The molecule has 0 atom stereocenters. The number of carboxylic acid groups (broad SMARTS) is 1. The molecule has 0 saturated heterocycles. The first-order valence-corrected chi connectivity index (χ1v) is 4.12. The maximum Gasteiger partial charge on any atom is 0.335 e. The van der Waals surface area contributed by atoms with Crippen LogP contribution in [0.1, 0.15) is 10.4 Å². The minimum absolute atomic E-state index is 0.308. The van der Waals surface area contributed by atoms with Gasteiger partial charge in [-0.2, -0.15) is 4.37 Å². The van der Waals surface area contributed by atoms with Gasteiger partial charge in [-0.1, -0.05) is 0 Å². The number of carboxylic acids is 1. The first kappa shape index (κ1) is 7.24. The molecule has 0 saturated carbocycles. The zero-order chi connectivity index (χ0) is 8.55. The third kappa shape index (κ3) is 1.06. The van der Waals surface area contributed by atoms with Crippen LogP contribution in [0.3, 0.4) is 0 Å². The van der Waals surface area contributed by atoms with E-state index in [-0.39, 0.29) is 0 Å². The lowest BCUT2D eigenvalue weighted by Crippen LogP contribution is -1.94. The molecule has 0 bridgehead atoms. The van der Waals surface area contributed by atoms with E-state index in [1.165, 1.54) is 11.5 Å². The van der Waals surface area contributed by atoms with Gasteiger partial charge in [-0.15, -0.1) is 0 Å². The van der Waals surface area contributed by atoms with Gasteiger partial charge in [0.2, 0.25) is 0 Å². The Morgan fingerprint density at radius 3 is 3.08 bits per heavy atom. The molecule has 0 spiro atoms. The molecule has 4 heteroatoms. The minimum Gasteiger partial charge on any atom is -0.478 e. The molecule has 1 heterocycles. The van der Waals surface area contributed by atoms with Crippen LogP contribution in [0.5, 0.6) is 0 Å². The fourth-order valence-electron chi connectivity index (χ4n) is 1.01. The third-order valence-corrected chi connectivity index (χ3v) is 2.38. The Balaban J connectivity index is 2.68. The Morgan fingerprint density at radius 1 is 1.50 bits per heavy atom. The van der Waals surface area contributed by atoms with Gasteiger partial charge in [0.1, 0.15) is 0 Å². The molecule has 0 aliphatic rings. The zero-order valence-corrected chi connectivity index (χ0v) is 6.84. The molecule has 2 aromatic rings. The van der Waals surface area contributed by atoms with Crippen molar-refractivity contribution in [2.45, 2.75) is 0 Å². The van der Waals surface area contributed by atoms with Crippen LogP contribution in [0.4, 0.5) is 0 Å². The van der Waals surface area contributed by atoms with Gasteiger partial charge in [0.15, 0.2) is 0 Å². The van der Waals surface area contributed by atoms with Crippen molar-refractivity contribution in [3.63, 3.8) is 0 Å². The number of hydrogen-bond acceptors (Lipinski definition) is 3. The highest BCUT2D eigenvalue weighted by Gasteiger charge is 2.03. The first-order valence-electron chi connectivity index (χ1n) is 3.35. The summed E-state index contributed by atoms with van der Waals surface area (Å²) in [5.74, 6) is -0.900. The molecule has 60 valence electrons. The first-order chi connectivity index (χ1) is 5.77. The van der Waals surface area contributed by atoms with Crippen molar-refractivity contribution in [1.82, 2.24) is 4.37 Å². The van der Waals surface area contributed by atoms with Crippen LogP contribution < -0.4 is 0 Å². The van der Waals surface area contributed by atoms with E-state index in [1.807, 2.05) is 0 Å². The SMILES string of the molecule is O=C(O)c1ccc2sncc2c1. The molecule has 0 radical (unpaired) electrons. The van der Waals surface area contributed by atoms with E-state index in [0.29, 0.717) is 5.56 Å². The van der Waals surface area contributed by atoms with Crippen molar-refractivity contribution >= 4 is 27.6 Å². The summed E-state index contributed by atoms with van der Waals surface area (Å²) in [5.41, 5.74) is 0.308. The Morgan fingerprint density at radius 2 is 2.33 bits per heavy atom. The van der Waals surface area contributed by atoms with E-state index in [1.54, 1.807) is 24.4 Å². The van der Waals surface area contributed by atoms with Gasteiger partial charge in [0, 0.05) is 11.6 Å². The number of aromatic nitrogens is 1. The Hall–Kier alpha value is -1.42. The Kier molecular flexibility index (Phi) is 1.55. The highest BCUT2D eigenvalue weighted by Crippen LogP contribution is 2.18. The van der Waals surface area contributed by atoms with Crippen molar-refractivity contribution in [2.24, 2.45) is 0 Å². The molecule has 12 heavy (non-hydrogen) atoms. The van der Waals surface area contributed by atoms with Crippen molar-refractivity contribution in [2.75, 3.05) is 0 Å². The standard InChI is InChI=1S/C8H5NO2S/c10-8(11)5-1-2-7-6(3-5)4-9-12-7/h1-4H,(H,10,11). The molecule has 0 fully saturated rings. The van der Waals surface area contributed by atoms with Crippen LogP contribution in [0, 0.1) is 0 Å². The predicted octanol–water partition coefficient (Wildman–Crippen LogP) is 1.99. The molecular weight excluding hydrogens is 174 g/mol. The average Bonchev–Trinajstić information content (AvgIpc) is 2.49. The molecule has 1 N–H and O–H groups in total. The number of nitrogens with zero attached hydrogens (tertiary/aromatic N) is 1. The fraction of sp³-hybridized carbons (Fsp3) is 0. The van der Waals surface area contributed by atoms with Crippen LogP contribution >= 0.6 is 11.5 Å². The van der Waals surface area contributed by atoms with Crippen LogP contribution in [-0.4, -0.2) is 15.4 Å². The van der Waals surface area contributed by atoms with Crippen molar-refractivity contribution in [3.05, 3.63) is 30.0 Å². The highest BCUT2D eigenvalue weighted by atomic mass is 32.1. The molecule has 0 unspecified atom stereocenters. The lowest BCUT2D eigenvalue weighted by molar-refractivity contribution is 0.0697. The number of rotatable bonds is 1. The summed E-state index contributed by atoms with van der Waals surface area (Å²) >= 11 is 1.36. The predicted molar refractivity (Wildman–Crippen MR) is 46.6 cm³/mol. The van der Waals surface area contributed by atoms with Gasteiger partial charge in [-0.3, -0.25) is 0 Å². The number of carbonyl (C=O) groups is 1. The van der Waals surface area contributed by atoms with Gasteiger partial charge >= 0.3 is 5.97 Å². The molecule has 1 aromatic carbocycles. The van der Waals surface area contributed by atoms with E-state index < -0.39 is 5.97 Å². The quantitative estimate of drug-likeness (QED) is 0.728. The average molecular weight is 179 g/mol. The molecule has 0 amide bonds. The van der Waals surface area contributed by atoms with Gasteiger partial charge in [-0.05, 0) is 29.7 Å². The number of aromatic carboxylic acids is 1. The number of hydrogen-bond donors (Lipinski definition) is 1. The van der Waals surface area contributed by atoms with E-state index in [9.17, 15) is 4.79 Å². The maximum absolute atomic E-state index is 10.5. The van der Waals surface area contributed by atoms with Crippen molar-refractivity contribution in [3.8, 4) is 0 Å². The van der Waals surface area contributed by atoms with Crippen molar-refractivity contribution < 1.29 is 9.90 Å². The number of benzene rings is 1. The van der Waals surface area contributed by atoms with Crippen molar-refractivity contribution in [1.29, 1.82) is 0 Å². The van der Waals surface area contributed by atoms with Gasteiger partial charge < -0.3 is 5.11 Å². The largest absolute Gasteiger partial charge is 0.478 e. The summed E-state index contributed by atoms with van der Waals surface area (Å²) in [5, 5.41) is 9.55. The molecule has 3 nitrogen and oxygen atoms in total. The second-order valence-electron chi connectivity index (χ2n) is 2.38. The zero-order valence-electron chi connectivity index (χ0n) is 6.02. The number of fused-ring (bicyclic) bond motifs is 1. The summed E-state index contributed by atoms with van der Waals surface area (Å²) in [6, 6.07) is 4.99. The Labute approximate surface area is 72.4 Å². The summed E-state index contributed by atoms with van der Waals surface area (Å²) in [7, 11) is 0. The van der Waals surface area contributed by atoms with Crippen LogP contribution in [0.2, 0.25) is 0 Å². The van der Waals surface area contributed by atoms with E-state index >= 15 is 0 Å². The molecule has 2 rings (SSSR count). The van der Waals surface area contributed by atoms with E-state index in [0.717, 1.165) is 10.1 Å². The lowest BCUT2D eigenvalue weighted by Gasteiger charge is -1.92.